The predicted molar refractivity (Wildman–Crippen MR) is 183 cm³/mol. The molecule has 4 rings (SSSR count). The quantitative estimate of drug-likeness (QED) is 0.162. The summed E-state index contributed by atoms with van der Waals surface area (Å²) >= 11 is 0. The third-order valence-electron chi connectivity index (χ3n) is 8.37. The number of hydrogen-bond donors (Lipinski definition) is 1. The van der Waals surface area contributed by atoms with Crippen molar-refractivity contribution < 1.29 is 9.39 Å². The molecule has 0 unspecified atom stereocenters. The van der Waals surface area contributed by atoms with Crippen LogP contribution in [0.3, 0.4) is 0 Å². The number of rotatable bonds is 13. The summed E-state index contributed by atoms with van der Waals surface area (Å²) in [4.78, 5) is 5.93. The van der Waals surface area contributed by atoms with Gasteiger partial charge in [-0.2, -0.15) is 0 Å². The van der Waals surface area contributed by atoms with E-state index in [0.717, 1.165) is 52.7 Å². The third-order valence-corrected chi connectivity index (χ3v) is 8.37. The largest absolute Gasteiger partial charge is 0.543 e. The first-order valence-corrected chi connectivity index (χ1v) is 16.1. The molecule has 0 atom stereocenters. The number of unbranched alkanes of at least 4 members (excludes halogenated alkanes) is 5. The van der Waals surface area contributed by atoms with E-state index in [-0.39, 0.29) is 11.0 Å². The van der Waals surface area contributed by atoms with Gasteiger partial charge in [-0.1, -0.05) is 90.1 Å². The van der Waals surface area contributed by atoms with Crippen LogP contribution in [0.5, 0.6) is 11.5 Å². The van der Waals surface area contributed by atoms with Crippen LogP contribution in [0, 0.1) is 13.8 Å². The van der Waals surface area contributed by atoms with Crippen LogP contribution >= 0.6 is 0 Å². The molecule has 0 spiro atoms. The summed E-state index contributed by atoms with van der Waals surface area (Å²) in [6.45, 7) is 20.7. The maximum absolute atomic E-state index is 6.34. The highest BCUT2D eigenvalue weighted by molar-refractivity contribution is 6.27. The van der Waals surface area contributed by atoms with E-state index in [1.54, 1.807) is 0 Å². The van der Waals surface area contributed by atoms with Gasteiger partial charge in [0, 0.05) is 22.5 Å². The number of benzene rings is 2. The molecule has 0 saturated heterocycles. The Bertz CT molecular complexity index is 1410. The van der Waals surface area contributed by atoms with E-state index in [9.17, 15) is 0 Å². The average Bonchev–Trinajstić information content (AvgIpc) is 3.40. The van der Waals surface area contributed by atoms with Crippen molar-refractivity contribution in [3.05, 3.63) is 100 Å². The molecule has 4 nitrogen and oxygen atoms in total. The molecule has 1 aromatic heterocycles. The molecule has 1 aliphatic heterocycles. The molecule has 0 aliphatic carbocycles. The molecule has 3 aromatic rings. The van der Waals surface area contributed by atoms with Crippen molar-refractivity contribution in [3.63, 3.8) is 0 Å². The summed E-state index contributed by atoms with van der Waals surface area (Å²) in [5.74, 6) is 1.75. The molecule has 0 fully saturated rings. The fourth-order valence-corrected chi connectivity index (χ4v) is 5.98. The number of aromatic nitrogens is 1. The molecule has 0 amide bonds. The third kappa shape index (κ3) is 8.19. The Labute approximate surface area is 261 Å². The first-order valence-electron chi connectivity index (χ1n) is 16.1. The van der Waals surface area contributed by atoms with Gasteiger partial charge in [0.1, 0.15) is 5.75 Å². The monoisotopic (exact) mass is 579 g/mol. The lowest BCUT2D eigenvalue weighted by molar-refractivity contribution is 0.304. The topological polar surface area (TPSA) is 37.5 Å². The number of allylic oxidation sites excluding steroid dienone is 1. The van der Waals surface area contributed by atoms with Crippen LogP contribution in [-0.4, -0.2) is 29.6 Å². The smallest absolute Gasteiger partial charge is 0.522 e. The second-order valence-corrected chi connectivity index (χ2v) is 13.7. The van der Waals surface area contributed by atoms with Gasteiger partial charge in [0.25, 0.3) is 0 Å². The van der Waals surface area contributed by atoms with E-state index in [1.807, 2.05) is 7.62 Å². The minimum atomic E-state index is -0.258. The highest BCUT2D eigenvalue weighted by atomic mass is 16.5. The van der Waals surface area contributed by atoms with Gasteiger partial charge in [0.05, 0.1) is 18.1 Å². The molecule has 2 heterocycles. The SMILES string of the molecule is CCCCCCCCOc1ccc(/C(=C2\C(C)=CC(C)(C)N2[B]Oc2ccc(C(C)(C)C)cc2)c2[nH]c(C)cc2C)cc1. The number of nitrogens with one attached hydrogen (secondary N) is 1. The Kier molecular flexibility index (Phi) is 10.6. The fourth-order valence-electron chi connectivity index (χ4n) is 5.98. The number of nitrogens with zero attached hydrogens (tertiary/aromatic N) is 1. The Balaban J connectivity index is 1.62. The van der Waals surface area contributed by atoms with Gasteiger partial charge in [-0.15, -0.1) is 0 Å². The normalized spacial score (nSPS) is 15.8. The van der Waals surface area contributed by atoms with Gasteiger partial charge < -0.3 is 19.2 Å². The molecule has 1 aliphatic rings. The first kappa shape index (κ1) is 32.6. The summed E-state index contributed by atoms with van der Waals surface area (Å²) in [5, 5.41) is 0. The van der Waals surface area contributed by atoms with Crippen molar-refractivity contribution in [3.8, 4) is 11.5 Å². The summed E-state index contributed by atoms with van der Waals surface area (Å²) < 4.78 is 12.5. The first-order chi connectivity index (χ1) is 20.4. The lowest BCUT2D eigenvalue weighted by Crippen LogP contribution is -2.43. The van der Waals surface area contributed by atoms with Crippen LogP contribution in [0.2, 0.25) is 0 Å². The van der Waals surface area contributed by atoms with E-state index in [1.165, 1.54) is 48.8 Å². The average molecular weight is 580 g/mol. The fraction of sp³-hybridized carbons (Fsp3) is 0.474. The van der Waals surface area contributed by atoms with Crippen molar-refractivity contribution in [1.29, 1.82) is 0 Å². The van der Waals surface area contributed by atoms with Crippen LogP contribution in [0.25, 0.3) is 5.57 Å². The Morgan fingerprint density at radius 1 is 0.860 bits per heavy atom. The molecule has 1 radical (unpaired) electrons. The molecular formula is C38H52BN2O2. The molecule has 0 saturated carbocycles. The lowest BCUT2D eigenvalue weighted by Gasteiger charge is -2.34. The minimum absolute atomic E-state index is 0.103. The zero-order chi connectivity index (χ0) is 31.2. The number of H-pyrrole nitrogens is 1. The van der Waals surface area contributed by atoms with Gasteiger partial charge in [0.2, 0.25) is 0 Å². The molecule has 0 bridgehead atoms. The standard InChI is InChI=1S/C38H52BN2O2/c1-10-11-12-13-14-15-24-42-32-20-16-30(17-21-32)34(35-27(2)25-29(4)40-35)36-28(3)26-38(8,9)41(36)39-43-33-22-18-31(19-23-33)37(5,6)7/h16-23,25-26,40H,10-15,24H2,1-9H3/b36-34-. The summed E-state index contributed by atoms with van der Waals surface area (Å²) in [6, 6.07) is 19.3. The number of aromatic amines is 1. The molecule has 2 aromatic carbocycles. The zero-order valence-corrected chi connectivity index (χ0v) is 28.1. The summed E-state index contributed by atoms with van der Waals surface area (Å²) in [6.07, 6.45) is 9.90. The molecule has 1 N–H and O–H groups in total. The van der Waals surface area contributed by atoms with E-state index in [4.69, 9.17) is 9.39 Å². The van der Waals surface area contributed by atoms with Gasteiger partial charge >= 0.3 is 7.62 Å². The van der Waals surface area contributed by atoms with Crippen molar-refractivity contribution in [2.45, 2.75) is 112 Å². The Hall–Kier alpha value is -3.34. The van der Waals surface area contributed by atoms with E-state index in [0.29, 0.717) is 0 Å². The van der Waals surface area contributed by atoms with E-state index < -0.39 is 0 Å². The second-order valence-electron chi connectivity index (χ2n) is 13.7. The maximum Gasteiger partial charge on any atom is 0.522 e. The van der Waals surface area contributed by atoms with Crippen molar-refractivity contribution in [2.75, 3.05) is 6.61 Å². The number of aryl methyl sites for hydroxylation is 2. The van der Waals surface area contributed by atoms with Gasteiger partial charge in [-0.25, -0.2) is 0 Å². The van der Waals surface area contributed by atoms with Crippen LogP contribution in [0.4, 0.5) is 0 Å². The Morgan fingerprint density at radius 3 is 2.09 bits per heavy atom. The summed E-state index contributed by atoms with van der Waals surface area (Å²) in [5.41, 5.74) is 9.30. The van der Waals surface area contributed by atoms with Gasteiger partial charge in [-0.3, -0.25) is 0 Å². The van der Waals surface area contributed by atoms with Crippen LogP contribution in [-0.2, 0) is 5.41 Å². The zero-order valence-electron chi connectivity index (χ0n) is 28.1. The van der Waals surface area contributed by atoms with Crippen LogP contribution < -0.4 is 9.39 Å². The van der Waals surface area contributed by atoms with Gasteiger partial charge in [-0.05, 0) is 99.0 Å². The van der Waals surface area contributed by atoms with E-state index >= 15 is 0 Å². The highest BCUT2D eigenvalue weighted by Crippen LogP contribution is 2.42. The molecule has 43 heavy (non-hydrogen) atoms. The van der Waals surface area contributed by atoms with Crippen LogP contribution in [0.15, 0.2) is 71.9 Å². The van der Waals surface area contributed by atoms with Crippen molar-refractivity contribution in [2.24, 2.45) is 0 Å². The molecule has 5 heteroatoms. The van der Waals surface area contributed by atoms with Gasteiger partial charge in [0.15, 0.2) is 0 Å². The minimum Gasteiger partial charge on any atom is -0.543 e. The van der Waals surface area contributed by atoms with Crippen molar-refractivity contribution >= 4 is 13.2 Å². The number of ether oxygens (including phenoxy) is 1. The van der Waals surface area contributed by atoms with E-state index in [2.05, 4.69) is 133 Å². The number of hydrogen-bond acceptors (Lipinski definition) is 3. The Morgan fingerprint density at radius 2 is 1.49 bits per heavy atom. The van der Waals surface area contributed by atoms with Crippen LogP contribution in [0.1, 0.15) is 115 Å². The predicted octanol–water partition coefficient (Wildman–Crippen LogP) is 10.1. The second kappa shape index (κ2) is 14.0. The summed E-state index contributed by atoms with van der Waals surface area (Å²) in [7, 11) is 1.89. The molecular weight excluding hydrogens is 527 g/mol. The lowest BCUT2D eigenvalue weighted by atomic mass is 9.87. The highest BCUT2D eigenvalue weighted by Gasteiger charge is 2.38. The maximum atomic E-state index is 6.34. The molecule has 229 valence electrons. The van der Waals surface area contributed by atoms with Crippen molar-refractivity contribution in [1.82, 2.24) is 9.79 Å².